The predicted molar refractivity (Wildman–Crippen MR) is 67.7 cm³/mol. The Bertz CT molecular complexity index is 400. The summed E-state index contributed by atoms with van der Waals surface area (Å²) in [6, 6.07) is 5.58. The zero-order valence-corrected chi connectivity index (χ0v) is 10.1. The van der Waals surface area contributed by atoms with E-state index in [1.54, 1.807) is 6.07 Å². The normalized spacial score (nSPS) is 16.2. The van der Waals surface area contributed by atoms with Gasteiger partial charge in [-0.05, 0) is 30.7 Å². The van der Waals surface area contributed by atoms with Crippen molar-refractivity contribution in [2.45, 2.75) is 6.92 Å². The summed E-state index contributed by atoms with van der Waals surface area (Å²) in [5, 5.41) is 8.95. The smallest absolute Gasteiger partial charge is 0.335 e. The fraction of sp³-hybridized carbons (Fsp3) is 0.417. The van der Waals surface area contributed by atoms with Gasteiger partial charge in [0.1, 0.15) is 0 Å². The summed E-state index contributed by atoms with van der Waals surface area (Å²) in [5.41, 5.74) is 2.38. The van der Waals surface area contributed by atoms with Gasteiger partial charge in [-0.25, -0.2) is 4.79 Å². The molecule has 1 heterocycles. The molecule has 0 aromatic heterocycles. The van der Waals surface area contributed by atoms with Crippen LogP contribution in [0.2, 0.25) is 0 Å². The lowest BCUT2D eigenvalue weighted by Crippen LogP contribution is -2.32. The molecule has 0 atom stereocenters. The molecule has 16 heavy (non-hydrogen) atoms. The lowest BCUT2D eigenvalue weighted by Gasteiger charge is -2.28. The molecule has 1 fully saturated rings. The fourth-order valence-electron chi connectivity index (χ4n) is 1.91. The van der Waals surface area contributed by atoms with Crippen molar-refractivity contribution in [3.63, 3.8) is 0 Å². The van der Waals surface area contributed by atoms with Crippen LogP contribution in [0.3, 0.4) is 0 Å². The minimum atomic E-state index is -0.849. The van der Waals surface area contributed by atoms with E-state index in [4.69, 9.17) is 5.11 Å². The Morgan fingerprint density at radius 2 is 2.06 bits per heavy atom. The standard InChI is InChI=1S/C12H15NO2S/c1-9-8-10(2-3-11(9)12(14)15)13-4-6-16-7-5-13/h2-3,8H,4-7H2,1H3,(H,14,15). The van der Waals surface area contributed by atoms with Gasteiger partial charge in [0.15, 0.2) is 0 Å². The van der Waals surface area contributed by atoms with E-state index in [0.717, 1.165) is 35.8 Å². The van der Waals surface area contributed by atoms with Crippen LogP contribution in [-0.2, 0) is 0 Å². The molecule has 0 radical (unpaired) electrons. The van der Waals surface area contributed by atoms with Gasteiger partial charge in [-0.3, -0.25) is 0 Å². The fourth-order valence-corrected chi connectivity index (χ4v) is 2.81. The third kappa shape index (κ3) is 2.32. The maximum absolute atomic E-state index is 10.9. The van der Waals surface area contributed by atoms with E-state index < -0.39 is 5.97 Å². The first-order valence-corrected chi connectivity index (χ1v) is 6.50. The zero-order valence-electron chi connectivity index (χ0n) is 9.27. The van der Waals surface area contributed by atoms with Crippen molar-refractivity contribution in [3.05, 3.63) is 29.3 Å². The summed E-state index contributed by atoms with van der Waals surface area (Å²) in [6.07, 6.45) is 0. The van der Waals surface area contributed by atoms with Gasteiger partial charge in [-0.1, -0.05) is 0 Å². The molecule has 1 aromatic rings. The number of carbonyl (C=O) groups is 1. The summed E-state index contributed by atoms with van der Waals surface area (Å²) in [6.45, 7) is 3.96. The van der Waals surface area contributed by atoms with E-state index in [1.807, 2.05) is 30.8 Å². The van der Waals surface area contributed by atoms with Crippen LogP contribution in [-0.4, -0.2) is 35.7 Å². The zero-order chi connectivity index (χ0) is 11.5. The summed E-state index contributed by atoms with van der Waals surface area (Å²) >= 11 is 1.97. The molecule has 1 aromatic carbocycles. The minimum Gasteiger partial charge on any atom is -0.478 e. The molecular formula is C12H15NO2S. The van der Waals surface area contributed by atoms with Gasteiger partial charge in [-0.15, -0.1) is 0 Å². The van der Waals surface area contributed by atoms with Crippen LogP contribution in [0.1, 0.15) is 15.9 Å². The third-order valence-corrected chi connectivity index (χ3v) is 3.76. The van der Waals surface area contributed by atoms with Crippen molar-refractivity contribution in [1.82, 2.24) is 0 Å². The van der Waals surface area contributed by atoms with Crippen LogP contribution >= 0.6 is 11.8 Å². The molecule has 1 N–H and O–H groups in total. The van der Waals surface area contributed by atoms with E-state index in [-0.39, 0.29) is 0 Å². The lowest BCUT2D eigenvalue weighted by molar-refractivity contribution is 0.0696. The molecule has 0 saturated carbocycles. The average Bonchev–Trinajstić information content (AvgIpc) is 2.29. The van der Waals surface area contributed by atoms with Gasteiger partial charge in [0.05, 0.1) is 5.56 Å². The van der Waals surface area contributed by atoms with Gasteiger partial charge in [0.25, 0.3) is 0 Å². The summed E-state index contributed by atoms with van der Waals surface area (Å²) in [7, 11) is 0. The number of nitrogens with zero attached hydrogens (tertiary/aromatic N) is 1. The van der Waals surface area contributed by atoms with Gasteiger partial charge in [0, 0.05) is 30.3 Å². The van der Waals surface area contributed by atoms with E-state index >= 15 is 0 Å². The largest absolute Gasteiger partial charge is 0.478 e. The summed E-state index contributed by atoms with van der Waals surface area (Å²) < 4.78 is 0. The number of carboxylic acids is 1. The highest BCUT2D eigenvalue weighted by molar-refractivity contribution is 7.99. The Hall–Kier alpha value is -1.16. The number of aromatic carboxylic acids is 1. The van der Waals surface area contributed by atoms with Crippen LogP contribution in [0.25, 0.3) is 0 Å². The highest BCUT2D eigenvalue weighted by Gasteiger charge is 2.13. The third-order valence-electron chi connectivity index (χ3n) is 2.82. The quantitative estimate of drug-likeness (QED) is 0.856. The first-order valence-electron chi connectivity index (χ1n) is 5.35. The molecule has 0 unspecified atom stereocenters. The average molecular weight is 237 g/mol. The van der Waals surface area contributed by atoms with Crippen molar-refractivity contribution in [2.75, 3.05) is 29.5 Å². The van der Waals surface area contributed by atoms with Crippen LogP contribution in [0, 0.1) is 6.92 Å². The van der Waals surface area contributed by atoms with E-state index in [1.165, 1.54) is 0 Å². The number of hydrogen-bond donors (Lipinski definition) is 1. The van der Waals surface area contributed by atoms with Crippen LogP contribution in [0.15, 0.2) is 18.2 Å². The highest BCUT2D eigenvalue weighted by Crippen LogP contribution is 2.22. The molecule has 0 spiro atoms. The number of carboxylic acid groups (broad SMARTS) is 1. The summed E-state index contributed by atoms with van der Waals surface area (Å²) in [5.74, 6) is 1.46. The van der Waals surface area contributed by atoms with Crippen molar-refractivity contribution in [2.24, 2.45) is 0 Å². The van der Waals surface area contributed by atoms with Crippen LogP contribution in [0.4, 0.5) is 5.69 Å². The monoisotopic (exact) mass is 237 g/mol. The Morgan fingerprint density at radius 3 is 2.62 bits per heavy atom. The maximum atomic E-state index is 10.9. The first kappa shape index (κ1) is 11.3. The number of aryl methyl sites for hydroxylation is 1. The van der Waals surface area contributed by atoms with Gasteiger partial charge in [-0.2, -0.15) is 11.8 Å². The SMILES string of the molecule is Cc1cc(N2CCSCC2)ccc1C(=O)O. The molecule has 1 aliphatic rings. The second-order valence-electron chi connectivity index (χ2n) is 3.90. The van der Waals surface area contributed by atoms with Crippen molar-refractivity contribution in [1.29, 1.82) is 0 Å². The van der Waals surface area contributed by atoms with Crippen molar-refractivity contribution >= 4 is 23.4 Å². The Labute approximate surface area is 99.5 Å². The van der Waals surface area contributed by atoms with Crippen LogP contribution in [0.5, 0.6) is 0 Å². The second-order valence-corrected chi connectivity index (χ2v) is 5.13. The lowest BCUT2D eigenvalue weighted by atomic mass is 10.1. The molecule has 1 aliphatic heterocycles. The van der Waals surface area contributed by atoms with Gasteiger partial charge < -0.3 is 10.0 Å². The molecule has 4 heteroatoms. The molecule has 3 nitrogen and oxygen atoms in total. The van der Waals surface area contributed by atoms with E-state index in [0.29, 0.717) is 5.56 Å². The molecule has 0 aliphatic carbocycles. The molecule has 1 saturated heterocycles. The second kappa shape index (κ2) is 4.78. The number of rotatable bonds is 2. The molecule has 2 rings (SSSR count). The molecule has 86 valence electrons. The molecule has 0 amide bonds. The van der Waals surface area contributed by atoms with Gasteiger partial charge >= 0.3 is 5.97 Å². The Balaban J connectivity index is 2.23. The molecular weight excluding hydrogens is 222 g/mol. The van der Waals surface area contributed by atoms with Crippen molar-refractivity contribution < 1.29 is 9.90 Å². The van der Waals surface area contributed by atoms with E-state index in [2.05, 4.69) is 4.90 Å². The first-order chi connectivity index (χ1) is 7.68. The van der Waals surface area contributed by atoms with Crippen molar-refractivity contribution in [3.8, 4) is 0 Å². The number of benzene rings is 1. The number of hydrogen-bond acceptors (Lipinski definition) is 3. The Kier molecular flexibility index (Phi) is 3.39. The molecule has 0 bridgehead atoms. The van der Waals surface area contributed by atoms with E-state index in [9.17, 15) is 4.79 Å². The number of anilines is 1. The highest BCUT2D eigenvalue weighted by atomic mass is 32.2. The number of thioether (sulfide) groups is 1. The Morgan fingerprint density at radius 1 is 1.38 bits per heavy atom. The maximum Gasteiger partial charge on any atom is 0.335 e. The predicted octanol–water partition coefficient (Wildman–Crippen LogP) is 2.25. The van der Waals surface area contributed by atoms with Crippen LogP contribution < -0.4 is 4.90 Å². The van der Waals surface area contributed by atoms with Gasteiger partial charge in [0.2, 0.25) is 0 Å². The topological polar surface area (TPSA) is 40.5 Å². The minimum absolute atomic E-state index is 0.398. The summed E-state index contributed by atoms with van der Waals surface area (Å²) in [4.78, 5) is 13.2.